The van der Waals surface area contributed by atoms with Crippen molar-refractivity contribution in [2.45, 2.75) is 0 Å². The van der Waals surface area contributed by atoms with E-state index in [1.807, 2.05) is 91.0 Å². The van der Waals surface area contributed by atoms with Crippen LogP contribution in [0.1, 0.15) is 0 Å². The minimum atomic E-state index is -0.272. The molecule has 5 rings (SSSR count). The van der Waals surface area contributed by atoms with Crippen molar-refractivity contribution in [2.24, 2.45) is 0 Å². The first-order valence-corrected chi connectivity index (χ1v) is 9.84. The van der Waals surface area contributed by atoms with E-state index in [1.54, 1.807) is 6.20 Å². The molecule has 0 aliphatic heterocycles. The lowest BCUT2D eigenvalue weighted by molar-refractivity contribution is 0.900. The second-order valence-corrected chi connectivity index (χ2v) is 7.01. The molecule has 0 saturated heterocycles. The molecule has 0 unspecified atom stereocenters. The van der Waals surface area contributed by atoms with Gasteiger partial charge < -0.3 is 5.32 Å². The van der Waals surface area contributed by atoms with Gasteiger partial charge in [-0.05, 0) is 24.3 Å². The minimum absolute atomic E-state index is 0.247. The molecule has 0 atom stereocenters. The van der Waals surface area contributed by atoms with Crippen LogP contribution >= 0.6 is 0 Å². The lowest BCUT2D eigenvalue weighted by Crippen LogP contribution is -2.31. The van der Waals surface area contributed by atoms with Gasteiger partial charge in [0.05, 0.1) is 5.69 Å². The van der Waals surface area contributed by atoms with E-state index in [4.69, 9.17) is 0 Å². The van der Waals surface area contributed by atoms with Gasteiger partial charge in [0, 0.05) is 23.5 Å². The summed E-state index contributed by atoms with van der Waals surface area (Å²) in [6, 6.07) is 29.5. The fraction of sp³-hybridized carbons (Fsp3) is 0. The fourth-order valence-corrected chi connectivity index (χ4v) is 3.52. The second-order valence-electron chi connectivity index (χ2n) is 7.01. The number of anilines is 1. The van der Waals surface area contributed by atoms with Gasteiger partial charge in [-0.1, -0.05) is 66.7 Å². The Hall–Kier alpha value is -4.45. The molecule has 0 fully saturated rings. The van der Waals surface area contributed by atoms with E-state index >= 15 is 0 Å². The maximum absolute atomic E-state index is 13.4. The van der Waals surface area contributed by atoms with Crippen LogP contribution in [-0.4, -0.2) is 14.2 Å². The topological polar surface area (TPSA) is 68.4 Å². The van der Waals surface area contributed by atoms with Crippen LogP contribution in [0, 0.1) is 0 Å². The standard InChI is InChI=1S/C25H18N4O2/c30-22-16-23-28(20-14-8-3-9-15-20)25(31)21(17-26-19-12-6-2-7-13-19)29(23)27-24(22)18-10-4-1-5-11-18/h1-17,26H/b21-17+. The number of para-hydroxylation sites is 2. The summed E-state index contributed by atoms with van der Waals surface area (Å²) in [5, 5.41) is 8.05. The number of hydrogen-bond donors (Lipinski definition) is 1. The van der Waals surface area contributed by atoms with Crippen molar-refractivity contribution in [3.8, 4) is 16.9 Å². The number of nitrogens with zero attached hydrogens (tertiary/aromatic N) is 3. The molecule has 0 spiro atoms. The predicted octanol–water partition coefficient (Wildman–Crippen LogP) is 3.08. The average Bonchev–Trinajstić information content (AvgIpc) is 3.09. The average molecular weight is 406 g/mol. The Balaban J connectivity index is 1.81. The van der Waals surface area contributed by atoms with Crippen LogP contribution in [-0.2, 0) is 0 Å². The lowest BCUT2D eigenvalue weighted by atomic mass is 10.1. The molecule has 2 heterocycles. The Kier molecular flexibility index (Phi) is 4.65. The van der Waals surface area contributed by atoms with E-state index in [0.29, 0.717) is 22.2 Å². The number of imidazole rings is 1. The molecule has 6 nitrogen and oxygen atoms in total. The zero-order valence-electron chi connectivity index (χ0n) is 16.5. The third-order valence-electron chi connectivity index (χ3n) is 5.00. The first kappa shape index (κ1) is 18.6. The second kappa shape index (κ2) is 7.76. The number of benzene rings is 3. The van der Waals surface area contributed by atoms with Crippen molar-refractivity contribution in [3.63, 3.8) is 0 Å². The zero-order valence-corrected chi connectivity index (χ0v) is 16.5. The molecule has 0 radical (unpaired) electrons. The summed E-state index contributed by atoms with van der Waals surface area (Å²) in [6.07, 6.45) is 1.62. The van der Waals surface area contributed by atoms with Crippen LogP contribution in [0.4, 0.5) is 5.69 Å². The van der Waals surface area contributed by atoms with Gasteiger partial charge >= 0.3 is 0 Å². The van der Waals surface area contributed by atoms with Gasteiger partial charge in [0.1, 0.15) is 16.7 Å². The lowest BCUT2D eigenvalue weighted by Gasteiger charge is -2.05. The van der Waals surface area contributed by atoms with Gasteiger partial charge in [-0.2, -0.15) is 5.10 Å². The summed E-state index contributed by atoms with van der Waals surface area (Å²) in [5.74, 6) is 0. The number of rotatable bonds is 4. The Bertz CT molecular complexity index is 1520. The molecule has 0 aliphatic carbocycles. The summed E-state index contributed by atoms with van der Waals surface area (Å²) in [4.78, 5) is 26.3. The number of fused-ring (bicyclic) bond motifs is 1. The van der Waals surface area contributed by atoms with Crippen LogP contribution in [0.3, 0.4) is 0 Å². The van der Waals surface area contributed by atoms with Crippen molar-refractivity contribution in [1.29, 1.82) is 0 Å². The summed E-state index contributed by atoms with van der Waals surface area (Å²) >= 11 is 0. The molecule has 3 aromatic carbocycles. The van der Waals surface area contributed by atoms with E-state index in [9.17, 15) is 9.59 Å². The highest BCUT2D eigenvalue weighted by Gasteiger charge is 2.16. The van der Waals surface area contributed by atoms with Gasteiger partial charge in [-0.3, -0.25) is 14.2 Å². The maximum atomic E-state index is 13.4. The van der Waals surface area contributed by atoms with Crippen molar-refractivity contribution in [2.75, 3.05) is 5.32 Å². The first-order valence-electron chi connectivity index (χ1n) is 9.84. The predicted molar refractivity (Wildman–Crippen MR) is 122 cm³/mol. The first-order chi connectivity index (χ1) is 15.2. The molecule has 0 saturated carbocycles. The minimum Gasteiger partial charge on any atom is -0.360 e. The van der Waals surface area contributed by atoms with Gasteiger partial charge in [-0.15, -0.1) is 0 Å². The maximum Gasteiger partial charge on any atom is 0.284 e. The molecule has 31 heavy (non-hydrogen) atoms. The van der Waals surface area contributed by atoms with Crippen LogP contribution in [0.15, 0.2) is 107 Å². The zero-order chi connectivity index (χ0) is 21.2. The molecule has 1 N–H and O–H groups in total. The highest BCUT2D eigenvalue weighted by atomic mass is 16.1. The molecular formula is C25H18N4O2. The number of hydrogen-bond acceptors (Lipinski definition) is 4. The molecular weight excluding hydrogens is 388 g/mol. The van der Waals surface area contributed by atoms with Crippen molar-refractivity contribution >= 4 is 17.5 Å². The quantitative estimate of drug-likeness (QED) is 0.498. The summed E-state index contributed by atoms with van der Waals surface area (Å²) in [7, 11) is 0. The summed E-state index contributed by atoms with van der Waals surface area (Å²) < 4.78 is 3.02. The number of aromatic nitrogens is 3. The van der Waals surface area contributed by atoms with Crippen LogP contribution in [0.25, 0.3) is 28.8 Å². The third kappa shape index (κ3) is 3.40. The highest BCUT2D eigenvalue weighted by Crippen LogP contribution is 2.14. The Morgan fingerprint density at radius 1 is 0.774 bits per heavy atom. The Morgan fingerprint density at radius 3 is 2.06 bits per heavy atom. The van der Waals surface area contributed by atoms with Gasteiger partial charge in [0.25, 0.3) is 5.56 Å². The monoisotopic (exact) mass is 406 g/mol. The highest BCUT2D eigenvalue weighted by molar-refractivity contribution is 5.62. The Labute approximate surface area is 177 Å². The smallest absolute Gasteiger partial charge is 0.284 e. The van der Waals surface area contributed by atoms with Crippen molar-refractivity contribution < 1.29 is 0 Å². The van der Waals surface area contributed by atoms with E-state index in [2.05, 4.69) is 10.4 Å². The largest absolute Gasteiger partial charge is 0.360 e. The van der Waals surface area contributed by atoms with Crippen LogP contribution in [0.5, 0.6) is 0 Å². The van der Waals surface area contributed by atoms with Gasteiger partial charge in [-0.25, -0.2) is 4.52 Å². The van der Waals surface area contributed by atoms with E-state index in [-0.39, 0.29) is 16.7 Å². The van der Waals surface area contributed by atoms with Gasteiger partial charge in [0.2, 0.25) is 5.43 Å². The molecule has 0 aliphatic rings. The van der Waals surface area contributed by atoms with Crippen molar-refractivity contribution in [1.82, 2.24) is 14.2 Å². The summed E-state index contributed by atoms with van der Waals surface area (Å²) in [6.45, 7) is 0. The van der Waals surface area contributed by atoms with E-state index in [1.165, 1.54) is 15.1 Å². The fourth-order valence-electron chi connectivity index (χ4n) is 3.52. The molecule has 0 bridgehead atoms. The normalized spacial score (nSPS) is 11.7. The van der Waals surface area contributed by atoms with E-state index < -0.39 is 0 Å². The van der Waals surface area contributed by atoms with Crippen LogP contribution in [0.2, 0.25) is 0 Å². The Morgan fingerprint density at radius 2 is 1.39 bits per heavy atom. The molecule has 6 heteroatoms. The van der Waals surface area contributed by atoms with Gasteiger partial charge in [0.15, 0.2) is 0 Å². The SMILES string of the molecule is O=c1cc2n(-c3ccccc3)c(=O)/c(=C\Nc3ccccc3)n2nc1-c1ccccc1. The van der Waals surface area contributed by atoms with Crippen LogP contribution < -0.4 is 21.7 Å². The van der Waals surface area contributed by atoms with E-state index in [0.717, 1.165) is 5.69 Å². The van der Waals surface area contributed by atoms with Crippen molar-refractivity contribution in [3.05, 3.63) is 123 Å². The molecule has 0 amide bonds. The molecule has 2 aromatic heterocycles. The molecule has 5 aromatic rings. The molecule has 150 valence electrons. The number of nitrogens with one attached hydrogen (secondary N) is 1. The summed E-state index contributed by atoms with van der Waals surface area (Å²) in [5.41, 5.74) is 2.38. The third-order valence-corrected chi connectivity index (χ3v) is 5.00.